The molecule has 0 saturated heterocycles. The normalized spacial score (nSPS) is 11.5. The van der Waals surface area contributed by atoms with Crippen molar-refractivity contribution in [1.82, 2.24) is 50.7 Å². The second-order valence-corrected chi connectivity index (χ2v) is 7.89. The van der Waals surface area contributed by atoms with Crippen LogP contribution in [-0.2, 0) is 19.8 Å². The highest BCUT2D eigenvalue weighted by molar-refractivity contribution is 6.10. The first kappa shape index (κ1) is 24.4. The van der Waals surface area contributed by atoms with Gasteiger partial charge in [0.25, 0.3) is 11.8 Å². The van der Waals surface area contributed by atoms with E-state index in [0.29, 0.717) is 17.0 Å². The van der Waals surface area contributed by atoms with Crippen LogP contribution in [0.3, 0.4) is 0 Å². The molecule has 0 bridgehead atoms. The van der Waals surface area contributed by atoms with E-state index in [-0.39, 0.29) is 34.7 Å². The Bertz CT molecular complexity index is 1630. The van der Waals surface area contributed by atoms with Gasteiger partial charge < -0.3 is 10.6 Å². The zero-order valence-corrected chi connectivity index (χ0v) is 19.4. The predicted molar refractivity (Wildman–Crippen MR) is 124 cm³/mol. The van der Waals surface area contributed by atoms with E-state index in [9.17, 15) is 22.8 Å². The van der Waals surface area contributed by atoms with Gasteiger partial charge in [-0.05, 0) is 35.0 Å². The number of aryl methyl sites for hydroxylation is 1. The Morgan fingerprint density at radius 3 is 2.53 bits per heavy atom. The number of hydrogen-bond donors (Lipinski definition) is 3. The summed E-state index contributed by atoms with van der Waals surface area (Å²) in [6, 6.07) is 8.68. The largest absolute Gasteiger partial charge is 0.433 e. The van der Waals surface area contributed by atoms with Gasteiger partial charge in [-0.2, -0.15) is 23.5 Å². The van der Waals surface area contributed by atoms with E-state index in [2.05, 4.69) is 51.3 Å². The molecular formula is C22H16F3N11O2. The summed E-state index contributed by atoms with van der Waals surface area (Å²) in [4.78, 5) is 37.1. The van der Waals surface area contributed by atoms with Gasteiger partial charge in [0.05, 0.1) is 0 Å². The fourth-order valence-corrected chi connectivity index (χ4v) is 3.55. The molecule has 0 radical (unpaired) electrons. The molecule has 13 nitrogen and oxygen atoms in total. The van der Waals surface area contributed by atoms with Crippen molar-refractivity contribution >= 4 is 28.7 Å². The van der Waals surface area contributed by atoms with Crippen LogP contribution in [0.2, 0.25) is 0 Å². The van der Waals surface area contributed by atoms with Gasteiger partial charge in [-0.15, -0.1) is 10.2 Å². The Balaban J connectivity index is 1.33. The van der Waals surface area contributed by atoms with E-state index in [1.807, 2.05) is 0 Å². The lowest BCUT2D eigenvalue weighted by molar-refractivity contribution is -0.141. The van der Waals surface area contributed by atoms with E-state index in [0.717, 1.165) is 18.6 Å². The lowest BCUT2D eigenvalue weighted by Crippen LogP contribution is -2.24. The molecule has 0 aliphatic carbocycles. The summed E-state index contributed by atoms with van der Waals surface area (Å²) < 4.78 is 40.0. The number of H-pyrrole nitrogens is 1. The molecule has 0 saturated carbocycles. The van der Waals surface area contributed by atoms with Crippen molar-refractivity contribution in [2.24, 2.45) is 7.05 Å². The minimum absolute atomic E-state index is 0.0981. The van der Waals surface area contributed by atoms with Gasteiger partial charge in [-0.1, -0.05) is 12.1 Å². The third-order valence-electron chi connectivity index (χ3n) is 5.39. The van der Waals surface area contributed by atoms with Gasteiger partial charge in [0.15, 0.2) is 11.5 Å². The molecule has 0 spiro atoms. The highest BCUT2D eigenvalue weighted by atomic mass is 19.4. The van der Waals surface area contributed by atoms with Gasteiger partial charge in [0.2, 0.25) is 5.82 Å². The molecule has 3 N–H and O–H groups in total. The number of tetrazole rings is 1. The molecule has 38 heavy (non-hydrogen) atoms. The molecule has 0 aliphatic rings. The second-order valence-electron chi connectivity index (χ2n) is 7.89. The average molecular weight is 523 g/mol. The molecule has 5 aromatic rings. The number of nitrogens with zero attached hydrogens (tertiary/aromatic N) is 8. The van der Waals surface area contributed by atoms with E-state index in [4.69, 9.17) is 0 Å². The zero-order chi connectivity index (χ0) is 26.9. The molecule has 2 amide bonds. The molecule has 192 valence electrons. The zero-order valence-electron chi connectivity index (χ0n) is 19.4. The average Bonchev–Trinajstić information content (AvgIpc) is 3.55. The number of nitrogens with one attached hydrogen (secondary N) is 3. The number of halogens is 3. The van der Waals surface area contributed by atoms with E-state index >= 15 is 0 Å². The maximum atomic E-state index is 12.9. The number of alkyl halides is 3. The fourth-order valence-electron chi connectivity index (χ4n) is 3.55. The molecule has 0 aliphatic heterocycles. The lowest BCUT2D eigenvalue weighted by Gasteiger charge is -2.09. The number of carbonyl (C=O) groups excluding carboxylic acids is 2. The van der Waals surface area contributed by atoms with Crippen molar-refractivity contribution in [1.29, 1.82) is 0 Å². The number of amides is 2. The number of rotatable bonds is 6. The summed E-state index contributed by atoms with van der Waals surface area (Å²) in [5.41, 5.74) is 0.308. The fraction of sp³-hybridized carbons (Fsp3) is 0.136. The van der Waals surface area contributed by atoms with Crippen LogP contribution in [-0.4, -0.2) is 57.2 Å². The second kappa shape index (κ2) is 9.64. The first-order chi connectivity index (χ1) is 18.2. The third-order valence-corrected chi connectivity index (χ3v) is 5.39. The Hall–Kier alpha value is -5.28. The first-order valence-corrected chi connectivity index (χ1v) is 10.8. The van der Waals surface area contributed by atoms with Crippen molar-refractivity contribution in [2.75, 3.05) is 5.32 Å². The van der Waals surface area contributed by atoms with Crippen molar-refractivity contribution in [3.8, 4) is 11.4 Å². The molecule has 1 aromatic carbocycles. The third kappa shape index (κ3) is 4.86. The molecule has 0 atom stereocenters. The predicted octanol–water partition coefficient (Wildman–Crippen LogP) is 2.14. The topological polar surface area (TPSA) is 169 Å². The van der Waals surface area contributed by atoms with Gasteiger partial charge >= 0.3 is 6.18 Å². The monoisotopic (exact) mass is 523 g/mol. The summed E-state index contributed by atoms with van der Waals surface area (Å²) in [5.74, 6) is -0.553. The number of fused-ring (bicyclic) bond motifs is 1. The van der Waals surface area contributed by atoms with E-state index in [1.165, 1.54) is 10.7 Å². The maximum absolute atomic E-state index is 12.9. The van der Waals surface area contributed by atoms with Crippen LogP contribution < -0.4 is 10.6 Å². The highest BCUT2D eigenvalue weighted by Crippen LogP contribution is 2.28. The molecule has 5 rings (SSSR count). The summed E-state index contributed by atoms with van der Waals surface area (Å²) in [6.07, 6.45) is -2.47. The highest BCUT2D eigenvalue weighted by Gasteiger charge is 2.32. The van der Waals surface area contributed by atoms with Gasteiger partial charge in [0, 0.05) is 30.9 Å². The number of pyridine rings is 1. The van der Waals surface area contributed by atoms with Crippen molar-refractivity contribution in [3.05, 3.63) is 71.4 Å². The van der Waals surface area contributed by atoms with Gasteiger partial charge in [-0.25, -0.2) is 14.6 Å². The number of aromatic nitrogens is 9. The standard InChI is InChI=1S/C22H16F3N11O2/c1-36-19(30-20(37)13-4-2-12(3-5-13)18-31-34-35-32-18)16-15(33-36)17(29-10-28-16)21(38)27-9-11-6-7-26-14(8-11)22(23,24)25/h2-8,10H,9H2,1H3,(H,27,38)(H,30,37)(H,31,32,34,35). The molecule has 4 heterocycles. The van der Waals surface area contributed by atoms with Gasteiger partial charge in [0.1, 0.15) is 23.1 Å². The number of anilines is 1. The minimum Gasteiger partial charge on any atom is -0.347 e. The van der Waals surface area contributed by atoms with Crippen LogP contribution in [0, 0.1) is 0 Å². The maximum Gasteiger partial charge on any atom is 0.433 e. The van der Waals surface area contributed by atoms with Crippen LogP contribution in [0.15, 0.2) is 48.9 Å². The van der Waals surface area contributed by atoms with Crippen molar-refractivity contribution < 1.29 is 22.8 Å². The Morgan fingerprint density at radius 1 is 1.03 bits per heavy atom. The molecule has 0 unspecified atom stereocenters. The summed E-state index contributed by atoms with van der Waals surface area (Å²) >= 11 is 0. The van der Waals surface area contributed by atoms with Crippen LogP contribution in [0.5, 0.6) is 0 Å². The Morgan fingerprint density at radius 2 is 1.82 bits per heavy atom. The summed E-state index contributed by atoms with van der Waals surface area (Å²) in [7, 11) is 1.55. The van der Waals surface area contributed by atoms with Gasteiger partial charge in [-0.3, -0.25) is 14.6 Å². The number of benzene rings is 1. The van der Waals surface area contributed by atoms with E-state index < -0.39 is 23.7 Å². The first-order valence-electron chi connectivity index (χ1n) is 10.8. The number of carbonyl (C=O) groups is 2. The van der Waals surface area contributed by atoms with Crippen LogP contribution >= 0.6 is 0 Å². The van der Waals surface area contributed by atoms with Crippen LogP contribution in [0.4, 0.5) is 19.0 Å². The lowest BCUT2D eigenvalue weighted by atomic mass is 10.1. The summed E-state index contributed by atoms with van der Waals surface area (Å²) in [5, 5.41) is 23.1. The molecule has 0 fully saturated rings. The number of aromatic amines is 1. The SMILES string of the molecule is Cn1nc2c(C(=O)NCc3ccnc(C(F)(F)F)c3)ncnc2c1NC(=O)c1ccc(-c2nn[nH]n2)cc1. The number of hydrogen-bond acceptors (Lipinski definition) is 9. The minimum atomic E-state index is -4.61. The van der Waals surface area contributed by atoms with E-state index in [1.54, 1.807) is 31.3 Å². The van der Waals surface area contributed by atoms with Crippen molar-refractivity contribution in [3.63, 3.8) is 0 Å². The Labute approximate surface area is 210 Å². The smallest absolute Gasteiger partial charge is 0.347 e. The van der Waals surface area contributed by atoms with Crippen LogP contribution in [0.25, 0.3) is 22.4 Å². The molecular weight excluding hydrogens is 507 g/mol. The quantitative estimate of drug-likeness (QED) is 0.302. The molecule has 4 aromatic heterocycles. The Kier molecular flexibility index (Phi) is 6.20. The molecule has 16 heteroatoms. The van der Waals surface area contributed by atoms with Crippen LogP contribution in [0.1, 0.15) is 32.1 Å². The van der Waals surface area contributed by atoms with Crippen molar-refractivity contribution in [2.45, 2.75) is 12.7 Å². The summed E-state index contributed by atoms with van der Waals surface area (Å²) in [6.45, 7) is -0.202.